The highest BCUT2D eigenvalue weighted by Gasteiger charge is 2.09. The number of nitrogens with one attached hydrogen (secondary N) is 2. The van der Waals surface area contributed by atoms with E-state index in [0.29, 0.717) is 22.6 Å². The Morgan fingerprint density at radius 3 is 2.11 bits per heavy atom. The molecule has 27 heavy (non-hydrogen) atoms. The number of Topliss-reactive ketones (excluding diaryl/α,β-unsaturated/α-hetero) is 1. The number of nitrogens with zero attached hydrogens (tertiary/aromatic N) is 3. The maximum atomic E-state index is 12.2. The van der Waals surface area contributed by atoms with Gasteiger partial charge in [0.15, 0.2) is 17.3 Å². The minimum absolute atomic E-state index is 0.0379. The van der Waals surface area contributed by atoms with Crippen LogP contribution in [-0.4, -0.2) is 21.9 Å². The lowest BCUT2D eigenvalue weighted by Gasteiger charge is -2.07. The monoisotopic (exact) mass is 357 g/mol. The van der Waals surface area contributed by atoms with Gasteiger partial charge >= 0.3 is 0 Å². The standard InChI is InChI=1S/C20H15N5O2/c1-13(26)15-4-8-17(9-5-15)23-20(27)18-10-11-19(25-24-18)22-16-6-2-14(12-21)3-7-16/h2-11H,1H3,(H,22,25)(H,23,27). The van der Waals surface area contributed by atoms with E-state index in [4.69, 9.17) is 5.26 Å². The minimum atomic E-state index is -0.400. The highest BCUT2D eigenvalue weighted by atomic mass is 16.2. The molecule has 0 saturated carbocycles. The summed E-state index contributed by atoms with van der Waals surface area (Å²) >= 11 is 0. The summed E-state index contributed by atoms with van der Waals surface area (Å²) in [7, 11) is 0. The first kappa shape index (κ1) is 17.8. The van der Waals surface area contributed by atoms with Crippen LogP contribution in [0.4, 0.5) is 17.2 Å². The van der Waals surface area contributed by atoms with Gasteiger partial charge in [0.25, 0.3) is 5.91 Å². The molecule has 132 valence electrons. The fraction of sp³-hybridized carbons (Fsp3) is 0.0500. The van der Waals surface area contributed by atoms with Crippen LogP contribution in [0.5, 0.6) is 0 Å². The van der Waals surface area contributed by atoms with E-state index in [0.717, 1.165) is 5.69 Å². The molecule has 3 aromatic rings. The fourth-order valence-corrected chi connectivity index (χ4v) is 2.28. The van der Waals surface area contributed by atoms with E-state index >= 15 is 0 Å². The number of amides is 1. The molecule has 0 aliphatic carbocycles. The van der Waals surface area contributed by atoms with E-state index in [2.05, 4.69) is 20.8 Å². The predicted octanol–water partition coefficient (Wildman–Crippen LogP) is 3.55. The Hall–Kier alpha value is -4.05. The van der Waals surface area contributed by atoms with Gasteiger partial charge in [-0.25, -0.2) is 0 Å². The third-order valence-electron chi connectivity index (χ3n) is 3.73. The van der Waals surface area contributed by atoms with Crippen LogP contribution in [0.1, 0.15) is 33.3 Å². The van der Waals surface area contributed by atoms with Crippen molar-refractivity contribution in [2.75, 3.05) is 10.6 Å². The van der Waals surface area contributed by atoms with Gasteiger partial charge in [-0.2, -0.15) is 5.26 Å². The van der Waals surface area contributed by atoms with Crippen molar-refractivity contribution in [3.8, 4) is 6.07 Å². The second kappa shape index (κ2) is 7.89. The van der Waals surface area contributed by atoms with Gasteiger partial charge < -0.3 is 10.6 Å². The number of aromatic nitrogens is 2. The highest BCUT2D eigenvalue weighted by Crippen LogP contribution is 2.15. The van der Waals surface area contributed by atoms with Gasteiger partial charge in [-0.05, 0) is 67.6 Å². The third-order valence-corrected chi connectivity index (χ3v) is 3.73. The zero-order chi connectivity index (χ0) is 19.2. The SMILES string of the molecule is CC(=O)c1ccc(NC(=O)c2ccc(Nc3ccc(C#N)cc3)nn2)cc1. The summed E-state index contributed by atoms with van der Waals surface area (Å²) in [6.45, 7) is 1.48. The third kappa shape index (κ3) is 4.52. The summed E-state index contributed by atoms with van der Waals surface area (Å²) in [6.07, 6.45) is 0. The quantitative estimate of drug-likeness (QED) is 0.676. The number of ketones is 1. The molecule has 0 bridgehead atoms. The number of nitriles is 1. The number of rotatable bonds is 5. The molecule has 0 saturated heterocycles. The van der Waals surface area contributed by atoms with Crippen LogP contribution in [0.25, 0.3) is 0 Å². The zero-order valence-electron chi connectivity index (χ0n) is 14.4. The normalized spacial score (nSPS) is 9.93. The van der Waals surface area contributed by atoms with Crippen molar-refractivity contribution in [3.63, 3.8) is 0 Å². The molecule has 0 radical (unpaired) electrons. The Morgan fingerprint density at radius 2 is 1.56 bits per heavy atom. The zero-order valence-corrected chi connectivity index (χ0v) is 14.4. The largest absolute Gasteiger partial charge is 0.339 e. The lowest BCUT2D eigenvalue weighted by molar-refractivity contribution is 0.101. The first-order valence-corrected chi connectivity index (χ1v) is 8.08. The average molecular weight is 357 g/mol. The summed E-state index contributed by atoms with van der Waals surface area (Å²) < 4.78 is 0. The predicted molar refractivity (Wildman–Crippen MR) is 101 cm³/mol. The van der Waals surface area contributed by atoms with Crippen molar-refractivity contribution < 1.29 is 9.59 Å². The van der Waals surface area contributed by atoms with Crippen LogP contribution < -0.4 is 10.6 Å². The Labute approximate surface area is 155 Å². The van der Waals surface area contributed by atoms with E-state index < -0.39 is 5.91 Å². The molecule has 0 aliphatic heterocycles. The molecule has 0 fully saturated rings. The van der Waals surface area contributed by atoms with E-state index in [9.17, 15) is 9.59 Å². The molecule has 0 aliphatic rings. The molecule has 0 atom stereocenters. The number of carbonyl (C=O) groups is 2. The first-order chi connectivity index (χ1) is 13.0. The van der Waals surface area contributed by atoms with Crippen LogP contribution >= 0.6 is 0 Å². The van der Waals surface area contributed by atoms with Crippen LogP contribution in [0, 0.1) is 11.3 Å². The number of hydrogen-bond acceptors (Lipinski definition) is 6. The van der Waals surface area contributed by atoms with E-state index in [1.807, 2.05) is 6.07 Å². The Morgan fingerprint density at radius 1 is 0.889 bits per heavy atom. The van der Waals surface area contributed by atoms with Crippen molar-refractivity contribution in [2.45, 2.75) is 6.92 Å². The molecule has 1 amide bonds. The Bertz CT molecular complexity index is 1000. The molecule has 2 N–H and O–H groups in total. The van der Waals surface area contributed by atoms with Crippen molar-refractivity contribution >= 4 is 28.9 Å². The maximum absolute atomic E-state index is 12.2. The second-order valence-corrected chi connectivity index (χ2v) is 5.71. The van der Waals surface area contributed by atoms with Crippen LogP contribution in [0.15, 0.2) is 60.7 Å². The van der Waals surface area contributed by atoms with Crippen molar-refractivity contribution in [3.05, 3.63) is 77.5 Å². The fourth-order valence-electron chi connectivity index (χ4n) is 2.28. The summed E-state index contributed by atoms with van der Waals surface area (Å²) in [5, 5.41) is 22.4. The minimum Gasteiger partial charge on any atom is -0.339 e. The van der Waals surface area contributed by atoms with Gasteiger partial charge in [0.1, 0.15) is 0 Å². The van der Waals surface area contributed by atoms with Gasteiger partial charge in [0, 0.05) is 16.9 Å². The highest BCUT2D eigenvalue weighted by molar-refractivity contribution is 6.03. The molecule has 1 aromatic heterocycles. The molecule has 7 nitrogen and oxygen atoms in total. The molecule has 0 spiro atoms. The Kier molecular flexibility index (Phi) is 5.19. The van der Waals surface area contributed by atoms with Gasteiger partial charge in [-0.3, -0.25) is 9.59 Å². The number of carbonyl (C=O) groups excluding carboxylic acids is 2. The molecule has 0 unspecified atom stereocenters. The van der Waals surface area contributed by atoms with Crippen LogP contribution in [0.2, 0.25) is 0 Å². The van der Waals surface area contributed by atoms with E-state index in [1.54, 1.807) is 60.7 Å². The van der Waals surface area contributed by atoms with Gasteiger partial charge in [-0.15, -0.1) is 10.2 Å². The summed E-state index contributed by atoms with van der Waals surface area (Å²) in [5.41, 5.74) is 2.62. The molecular weight excluding hydrogens is 342 g/mol. The number of benzene rings is 2. The molecule has 3 rings (SSSR count). The summed E-state index contributed by atoms with van der Waals surface area (Å²) in [4.78, 5) is 23.5. The molecule has 1 heterocycles. The average Bonchev–Trinajstić information content (AvgIpc) is 2.69. The van der Waals surface area contributed by atoms with Crippen molar-refractivity contribution in [1.82, 2.24) is 10.2 Å². The van der Waals surface area contributed by atoms with Crippen LogP contribution in [0.3, 0.4) is 0 Å². The van der Waals surface area contributed by atoms with Crippen molar-refractivity contribution in [2.24, 2.45) is 0 Å². The van der Waals surface area contributed by atoms with Gasteiger partial charge in [0.05, 0.1) is 11.6 Å². The first-order valence-electron chi connectivity index (χ1n) is 8.08. The van der Waals surface area contributed by atoms with Crippen molar-refractivity contribution in [1.29, 1.82) is 5.26 Å². The second-order valence-electron chi connectivity index (χ2n) is 5.71. The van der Waals surface area contributed by atoms with E-state index in [1.165, 1.54) is 6.92 Å². The van der Waals surface area contributed by atoms with Gasteiger partial charge in [0.2, 0.25) is 0 Å². The smallest absolute Gasteiger partial charge is 0.276 e. The number of anilines is 3. The topological polar surface area (TPSA) is 108 Å². The van der Waals surface area contributed by atoms with E-state index in [-0.39, 0.29) is 11.5 Å². The van der Waals surface area contributed by atoms with Gasteiger partial charge in [-0.1, -0.05) is 0 Å². The lowest BCUT2D eigenvalue weighted by atomic mass is 10.1. The molecule has 2 aromatic carbocycles. The Balaban J connectivity index is 1.64. The summed E-state index contributed by atoms with van der Waals surface area (Å²) in [6, 6.07) is 18.7. The lowest BCUT2D eigenvalue weighted by Crippen LogP contribution is -2.14. The molecular formula is C20H15N5O2. The summed E-state index contributed by atoms with van der Waals surface area (Å²) in [5.74, 6) is 0.0363. The van der Waals surface area contributed by atoms with Crippen LogP contribution in [-0.2, 0) is 0 Å². The maximum Gasteiger partial charge on any atom is 0.276 e. The molecule has 7 heteroatoms. The number of hydrogen-bond donors (Lipinski definition) is 2.